The van der Waals surface area contributed by atoms with Crippen molar-refractivity contribution in [2.24, 2.45) is 5.41 Å². The molecule has 1 aliphatic carbocycles. The third kappa shape index (κ3) is 2.14. The fraction of sp³-hybridized carbons (Fsp3) is 1.00. The Bertz CT molecular complexity index is 217. The van der Waals surface area contributed by atoms with E-state index in [0.29, 0.717) is 0 Å². The number of hydrogen-bond acceptors (Lipinski definition) is 2. The third-order valence-corrected chi connectivity index (χ3v) is 5.20. The fourth-order valence-electron chi connectivity index (χ4n) is 3.82. The van der Waals surface area contributed by atoms with Crippen LogP contribution >= 0.6 is 0 Å². The second kappa shape index (κ2) is 4.66. The second-order valence-corrected chi connectivity index (χ2v) is 6.28. The number of nitrogens with one attached hydrogen (secondary N) is 1. The average molecular weight is 222 g/mol. The van der Waals surface area contributed by atoms with Crippen LogP contribution in [-0.2, 0) is 0 Å². The zero-order valence-corrected chi connectivity index (χ0v) is 10.5. The van der Waals surface area contributed by atoms with Crippen molar-refractivity contribution in [3.8, 4) is 0 Å². The van der Waals surface area contributed by atoms with Crippen molar-refractivity contribution in [1.82, 2.24) is 10.2 Å². The van der Waals surface area contributed by atoms with Gasteiger partial charge >= 0.3 is 0 Å². The highest BCUT2D eigenvalue weighted by Gasteiger charge is 2.40. The minimum atomic E-state index is 0.723. The maximum atomic E-state index is 3.46. The molecule has 2 heterocycles. The molecule has 0 amide bonds. The maximum absolute atomic E-state index is 3.46. The summed E-state index contributed by atoms with van der Waals surface area (Å²) in [5.41, 5.74) is 0.723. The lowest BCUT2D eigenvalue weighted by atomic mass is 9.73. The molecule has 0 aromatic carbocycles. The van der Waals surface area contributed by atoms with E-state index in [9.17, 15) is 0 Å². The van der Waals surface area contributed by atoms with E-state index in [1.54, 1.807) is 0 Å². The monoisotopic (exact) mass is 222 g/mol. The molecule has 2 nitrogen and oxygen atoms in total. The van der Waals surface area contributed by atoms with Crippen molar-refractivity contribution < 1.29 is 0 Å². The number of rotatable bonds is 1. The van der Waals surface area contributed by atoms with Crippen molar-refractivity contribution >= 4 is 0 Å². The smallest absolute Gasteiger partial charge is 0.00952 e. The molecule has 1 spiro atoms. The van der Waals surface area contributed by atoms with Crippen LogP contribution in [-0.4, -0.2) is 37.1 Å². The summed E-state index contributed by atoms with van der Waals surface area (Å²) < 4.78 is 0. The molecule has 2 heteroatoms. The first-order chi connectivity index (χ1) is 7.88. The number of hydrogen-bond donors (Lipinski definition) is 1. The number of nitrogens with zero attached hydrogens (tertiary/aromatic N) is 1. The fourth-order valence-corrected chi connectivity index (χ4v) is 3.82. The Kier molecular flexibility index (Phi) is 3.21. The van der Waals surface area contributed by atoms with Gasteiger partial charge in [-0.2, -0.15) is 0 Å². The molecule has 1 saturated carbocycles. The Balaban J connectivity index is 1.52. The zero-order valence-electron chi connectivity index (χ0n) is 10.5. The van der Waals surface area contributed by atoms with E-state index < -0.39 is 0 Å². The molecule has 1 N–H and O–H groups in total. The molecule has 16 heavy (non-hydrogen) atoms. The molecule has 0 radical (unpaired) electrons. The molecule has 0 bridgehead atoms. The third-order valence-electron chi connectivity index (χ3n) is 5.20. The summed E-state index contributed by atoms with van der Waals surface area (Å²) >= 11 is 0. The summed E-state index contributed by atoms with van der Waals surface area (Å²) in [6.45, 7) is 5.36. The summed E-state index contributed by atoms with van der Waals surface area (Å²) in [5, 5.41) is 3.46. The predicted molar refractivity (Wildman–Crippen MR) is 67.6 cm³/mol. The summed E-state index contributed by atoms with van der Waals surface area (Å²) in [7, 11) is 0. The van der Waals surface area contributed by atoms with Crippen LogP contribution in [0.3, 0.4) is 0 Å². The highest BCUT2D eigenvalue weighted by molar-refractivity contribution is 4.97. The van der Waals surface area contributed by atoms with Crippen LogP contribution in [0.2, 0.25) is 0 Å². The largest absolute Gasteiger partial charge is 0.316 e. The van der Waals surface area contributed by atoms with Crippen molar-refractivity contribution in [3.63, 3.8) is 0 Å². The van der Waals surface area contributed by atoms with E-state index in [1.165, 1.54) is 77.5 Å². The molecule has 2 saturated heterocycles. The summed E-state index contributed by atoms with van der Waals surface area (Å²) in [6, 6.07) is 0.938. The van der Waals surface area contributed by atoms with Gasteiger partial charge in [0.05, 0.1) is 0 Å². The van der Waals surface area contributed by atoms with Crippen molar-refractivity contribution in [2.75, 3.05) is 26.2 Å². The van der Waals surface area contributed by atoms with Crippen molar-refractivity contribution in [2.45, 2.75) is 57.4 Å². The Hall–Kier alpha value is -0.0800. The Morgan fingerprint density at radius 2 is 1.50 bits per heavy atom. The Morgan fingerprint density at radius 3 is 2.00 bits per heavy atom. The van der Waals surface area contributed by atoms with E-state index in [-0.39, 0.29) is 0 Å². The Labute approximate surface area is 99.8 Å². The van der Waals surface area contributed by atoms with Crippen LogP contribution in [0.1, 0.15) is 51.4 Å². The van der Waals surface area contributed by atoms with Crippen LogP contribution in [0.5, 0.6) is 0 Å². The van der Waals surface area contributed by atoms with Gasteiger partial charge in [0, 0.05) is 19.1 Å². The minimum Gasteiger partial charge on any atom is -0.316 e. The van der Waals surface area contributed by atoms with E-state index in [2.05, 4.69) is 10.2 Å². The van der Waals surface area contributed by atoms with Crippen LogP contribution in [0.25, 0.3) is 0 Å². The highest BCUT2D eigenvalue weighted by Crippen LogP contribution is 2.36. The average Bonchev–Trinajstić information content (AvgIpc) is 2.56. The minimum absolute atomic E-state index is 0.723. The maximum Gasteiger partial charge on any atom is 0.00952 e. The lowest BCUT2D eigenvalue weighted by molar-refractivity contribution is 0.0312. The normalized spacial score (nSPS) is 32.2. The molecular weight excluding hydrogens is 196 g/mol. The lowest BCUT2D eigenvalue weighted by Gasteiger charge is -2.50. The molecule has 0 aromatic heterocycles. The van der Waals surface area contributed by atoms with Gasteiger partial charge < -0.3 is 10.2 Å². The molecule has 3 aliphatic rings. The molecule has 0 atom stereocenters. The van der Waals surface area contributed by atoms with Crippen LogP contribution in [0.15, 0.2) is 0 Å². The van der Waals surface area contributed by atoms with Gasteiger partial charge in [-0.3, -0.25) is 0 Å². The van der Waals surface area contributed by atoms with Gasteiger partial charge in [0.1, 0.15) is 0 Å². The molecule has 92 valence electrons. The quantitative estimate of drug-likeness (QED) is 0.685. The van der Waals surface area contributed by atoms with Gasteiger partial charge in [0.2, 0.25) is 0 Å². The van der Waals surface area contributed by atoms with Gasteiger partial charge in [-0.05, 0) is 44.2 Å². The number of piperidine rings is 1. The van der Waals surface area contributed by atoms with Gasteiger partial charge in [0.15, 0.2) is 0 Å². The van der Waals surface area contributed by atoms with E-state index in [4.69, 9.17) is 0 Å². The standard InChI is InChI=1S/C14H26N2/c1-2-4-6-13(5-3-1)16-9-7-14(8-10-16)11-15-12-14/h13,15H,1-12H2. The number of likely N-dealkylation sites (tertiary alicyclic amines) is 1. The summed E-state index contributed by atoms with van der Waals surface area (Å²) in [4.78, 5) is 2.81. The van der Waals surface area contributed by atoms with Crippen LogP contribution in [0.4, 0.5) is 0 Å². The van der Waals surface area contributed by atoms with Gasteiger partial charge in [-0.25, -0.2) is 0 Å². The van der Waals surface area contributed by atoms with Gasteiger partial charge in [-0.1, -0.05) is 25.7 Å². The highest BCUT2D eigenvalue weighted by atomic mass is 15.2. The zero-order chi connectivity index (χ0) is 10.8. The molecule has 2 aliphatic heterocycles. The van der Waals surface area contributed by atoms with Crippen LogP contribution < -0.4 is 5.32 Å². The summed E-state index contributed by atoms with van der Waals surface area (Å²) in [5.74, 6) is 0. The topological polar surface area (TPSA) is 15.3 Å². The van der Waals surface area contributed by atoms with Gasteiger partial charge in [0.25, 0.3) is 0 Å². The Morgan fingerprint density at radius 1 is 0.875 bits per heavy atom. The molecule has 3 rings (SSSR count). The first kappa shape index (κ1) is 11.0. The lowest BCUT2D eigenvalue weighted by Crippen LogP contribution is -2.59. The van der Waals surface area contributed by atoms with Crippen molar-refractivity contribution in [1.29, 1.82) is 0 Å². The van der Waals surface area contributed by atoms with E-state index >= 15 is 0 Å². The first-order valence-corrected chi connectivity index (χ1v) is 7.33. The molecule has 0 unspecified atom stereocenters. The molecular formula is C14H26N2. The van der Waals surface area contributed by atoms with Gasteiger partial charge in [-0.15, -0.1) is 0 Å². The summed E-state index contributed by atoms with van der Waals surface area (Å²) in [6.07, 6.45) is 11.8. The molecule has 3 fully saturated rings. The first-order valence-electron chi connectivity index (χ1n) is 7.33. The van der Waals surface area contributed by atoms with Crippen LogP contribution in [0, 0.1) is 5.41 Å². The van der Waals surface area contributed by atoms with E-state index in [1.807, 2.05) is 0 Å². The molecule has 0 aromatic rings. The van der Waals surface area contributed by atoms with E-state index in [0.717, 1.165) is 11.5 Å². The van der Waals surface area contributed by atoms with Crippen molar-refractivity contribution in [3.05, 3.63) is 0 Å². The second-order valence-electron chi connectivity index (χ2n) is 6.28. The SMILES string of the molecule is C1CCCC(N2CCC3(CC2)CNC3)CC1. The predicted octanol–water partition coefficient (Wildman–Crippen LogP) is 2.39.